The average molecular weight is 579 g/mol. The number of amidine groups is 1. The second-order valence-corrected chi connectivity index (χ2v) is 5.80. The number of hydrogen-bond donors (Lipinski definition) is 2. The summed E-state index contributed by atoms with van der Waals surface area (Å²) in [5.41, 5.74) is 11.2. The molecule has 11 heteroatoms. The van der Waals surface area contributed by atoms with Crippen molar-refractivity contribution < 1.29 is 0 Å². The van der Waals surface area contributed by atoms with Crippen molar-refractivity contribution in [1.29, 1.82) is 0 Å². The summed E-state index contributed by atoms with van der Waals surface area (Å²) in [5.74, 6) is 2.36. The van der Waals surface area contributed by atoms with E-state index in [4.69, 9.17) is 11.5 Å². The van der Waals surface area contributed by atoms with Gasteiger partial charge in [-0.05, 0) is 35.8 Å². The van der Waals surface area contributed by atoms with E-state index in [0.717, 1.165) is 25.3 Å². The van der Waals surface area contributed by atoms with Crippen molar-refractivity contribution in [2.45, 2.75) is 6.42 Å². The number of benzene rings is 2. The van der Waals surface area contributed by atoms with E-state index in [2.05, 4.69) is 88.0 Å². The van der Waals surface area contributed by atoms with E-state index in [0.29, 0.717) is 24.6 Å². The molecule has 0 aromatic heterocycles. The van der Waals surface area contributed by atoms with Crippen LogP contribution in [0.1, 0.15) is 5.56 Å². The number of rotatable bonds is 4. The zero-order chi connectivity index (χ0) is 19.6. The summed E-state index contributed by atoms with van der Waals surface area (Å²) in [6.07, 6.45) is 0.862. The third kappa shape index (κ3) is 16.8. The molecule has 0 amide bonds. The molecule has 0 fully saturated rings. The van der Waals surface area contributed by atoms with Crippen molar-refractivity contribution >= 4 is 105 Å². The molecule has 2 aromatic carbocycles. The monoisotopic (exact) mass is 578 g/mol. The van der Waals surface area contributed by atoms with Gasteiger partial charge in [0.15, 0.2) is 0 Å². The maximum atomic E-state index is 4.92. The predicted octanol–water partition coefficient (Wildman–Crippen LogP) is 3.73. The van der Waals surface area contributed by atoms with Gasteiger partial charge < -0.3 is 47.0 Å². The largest absolute Gasteiger partial charge is 0.469 e. The van der Waals surface area contributed by atoms with Gasteiger partial charge in [-0.2, -0.15) is 11.5 Å². The SMILES string of the molecule is Cl.Cl.Cl.NCC[S-].NCC[S-].[Cl][Ge].c1ccc2c(CC3=NCC[N-]3)cccc2c1. The van der Waals surface area contributed by atoms with E-state index >= 15 is 0 Å². The number of nitrogens with zero attached hydrogens (tertiary/aromatic N) is 2. The molecule has 0 atom stereocenters. The Morgan fingerprint density at radius 3 is 1.93 bits per heavy atom. The molecule has 2 aromatic rings. The number of halogens is 4. The zero-order valence-electron chi connectivity index (χ0n) is 16.0. The summed E-state index contributed by atoms with van der Waals surface area (Å²) < 4.78 is 0. The summed E-state index contributed by atoms with van der Waals surface area (Å²) in [7, 11) is 4.64. The summed E-state index contributed by atoms with van der Waals surface area (Å²) in [4.78, 5) is 4.39. The number of hydrogen-bond acceptors (Lipinski definition) is 5. The van der Waals surface area contributed by atoms with E-state index < -0.39 is 0 Å². The molecular weight excluding hydrogens is 551 g/mol. The van der Waals surface area contributed by atoms with Crippen molar-refractivity contribution in [2.24, 2.45) is 16.5 Å². The first-order valence-corrected chi connectivity index (χ1v) is 12.1. The fraction of sp³-hybridized carbons (Fsp3) is 0.389. The van der Waals surface area contributed by atoms with Crippen LogP contribution in [0.4, 0.5) is 0 Å². The van der Waals surface area contributed by atoms with E-state index in [-0.39, 0.29) is 37.2 Å². The number of aliphatic imine (C=N–C) groups is 1. The molecule has 4 N–H and O–H groups in total. The minimum atomic E-state index is 0. The van der Waals surface area contributed by atoms with Crippen molar-refractivity contribution in [3.05, 3.63) is 53.3 Å². The molecule has 3 radical (unpaired) electrons. The smallest absolute Gasteiger partial charge is 0.0103 e. The van der Waals surface area contributed by atoms with Gasteiger partial charge in [0.2, 0.25) is 0 Å². The minimum Gasteiger partial charge on any atom is -0.469 e. The van der Waals surface area contributed by atoms with Crippen LogP contribution in [0.3, 0.4) is 0 Å². The van der Waals surface area contributed by atoms with Gasteiger partial charge in [0, 0.05) is 0 Å². The van der Waals surface area contributed by atoms with Crippen LogP contribution >= 0.6 is 47.2 Å². The molecule has 1 aliphatic rings. The first-order chi connectivity index (χ1) is 12.8. The number of nitrogens with two attached hydrogens (primary N) is 2. The molecule has 0 saturated heterocycles. The van der Waals surface area contributed by atoms with Crippen LogP contribution < -0.4 is 11.5 Å². The van der Waals surface area contributed by atoms with Crippen molar-refractivity contribution in [3.63, 3.8) is 0 Å². The molecule has 4 nitrogen and oxygen atoms in total. The van der Waals surface area contributed by atoms with Crippen molar-refractivity contribution in [3.8, 4) is 0 Å². The third-order valence-corrected chi connectivity index (χ3v) is 3.62. The summed E-state index contributed by atoms with van der Waals surface area (Å²) in [5, 5.41) is 6.99. The Balaban J connectivity index is -0.000000208. The minimum absolute atomic E-state index is 0. The summed E-state index contributed by atoms with van der Waals surface area (Å²) >= 11 is 10.3. The molecule has 167 valence electrons. The molecular formula is C18H28Cl4GeN4S2-3. The van der Waals surface area contributed by atoms with Crippen molar-refractivity contribution in [1.82, 2.24) is 0 Å². The fourth-order valence-corrected chi connectivity index (χ4v) is 2.14. The normalized spacial score (nSPS) is 10.5. The number of fused-ring (bicyclic) bond motifs is 1. The molecule has 29 heavy (non-hydrogen) atoms. The maximum absolute atomic E-state index is 4.92. The Labute approximate surface area is 217 Å². The van der Waals surface area contributed by atoms with Crippen LogP contribution in [-0.4, -0.2) is 59.1 Å². The van der Waals surface area contributed by atoms with Gasteiger partial charge in [-0.1, -0.05) is 61.4 Å². The van der Waals surface area contributed by atoms with Gasteiger partial charge >= 0.3 is 25.6 Å². The zero-order valence-corrected chi connectivity index (χ0v) is 22.9. The van der Waals surface area contributed by atoms with Crippen LogP contribution in [0.5, 0.6) is 0 Å². The molecule has 0 aliphatic carbocycles. The molecule has 1 aliphatic heterocycles. The van der Waals surface area contributed by atoms with Gasteiger partial charge in [0.1, 0.15) is 0 Å². The van der Waals surface area contributed by atoms with Crippen molar-refractivity contribution in [2.75, 3.05) is 37.7 Å². The summed E-state index contributed by atoms with van der Waals surface area (Å²) in [6.45, 7) is 2.99. The van der Waals surface area contributed by atoms with Crippen LogP contribution in [-0.2, 0) is 31.7 Å². The Kier molecular flexibility index (Phi) is 33.7. The van der Waals surface area contributed by atoms with Crippen LogP contribution in [0.15, 0.2) is 47.5 Å². The van der Waals surface area contributed by atoms with Gasteiger partial charge in [-0.3, -0.25) is 0 Å². The molecule has 0 unspecified atom stereocenters. The quantitative estimate of drug-likeness (QED) is 0.428. The molecule has 0 bridgehead atoms. The van der Waals surface area contributed by atoms with Gasteiger partial charge in [0.05, 0.1) is 0 Å². The summed E-state index contributed by atoms with van der Waals surface area (Å²) in [6, 6.07) is 14.9. The van der Waals surface area contributed by atoms with Gasteiger partial charge in [-0.15, -0.1) is 37.2 Å². The first-order valence-electron chi connectivity index (χ1n) is 8.19. The predicted molar refractivity (Wildman–Crippen MR) is 144 cm³/mol. The molecule has 1 heterocycles. The Morgan fingerprint density at radius 2 is 1.45 bits per heavy atom. The van der Waals surface area contributed by atoms with E-state index in [1.807, 2.05) is 0 Å². The topological polar surface area (TPSA) is 78.5 Å². The van der Waals surface area contributed by atoms with Crippen LogP contribution in [0.25, 0.3) is 16.1 Å². The Morgan fingerprint density at radius 1 is 0.931 bits per heavy atom. The van der Waals surface area contributed by atoms with E-state index in [9.17, 15) is 0 Å². The maximum Gasteiger partial charge on any atom is -0.0103 e. The molecule has 0 saturated carbocycles. The van der Waals surface area contributed by atoms with Crippen LogP contribution in [0.2, 0.25) is 0 Å². The Hall–Kier alpha value is 0.493. The molecule has 0 spiro atoms. The van der Waals surface area contributed by atoms with E-state index in [1.165, 1.54) is 31.9 Å². The van der Waals surface area contributed by atoms with Gasteiger partial charge in [0.25, 0.3) is 0 Å². The Bertz CT molecular complexity index is 626. The first kappa shape index (κ1) is 36.8. The van der Waals surface area contributed by atoms with Gasteiger partial charge in [-0.25, -0.2) is 0 Å². The second kappa shape index (κ2) is 26.5. The molecule has 3 rings (SSSR count). The van der Waals surface area contributed by atoms with Crippen LogP contribution in [0, 0.1) is 0 Å². The average Bonchev–Trinajstić information content (AvgIpc) is 3.23. The second-order valence-electron chi connectivity index (χ2n) is 4.98. The standard InChI is InChI=1S/C14H13N2.2C2H7NS.ClGe.3ClH/c1-2-7-13-11(4-1)5-3-6-12(13)10-14-15-8-9-16-14;2*3-1-2-4;1-2;;;/h1-7H,8-10H2;2*4H,1-3H2;;3*1H/q-1;;;;;;/p-2. The third-order valence-electron chi connectivity index (χ3n) is 3.15. The van der Waals surface area contributed by atoms with E-state index in [1.54, 1.807) is 0 Å². The fourth-order valence-electron chi connectivity index (χ4n) is 2.14.